The Kier molecular flexibility index (Phi) is 7.39. The van der Waals surface area contributed by atoms with Crippen molar-refractivity contribution >= 4 is 21.6 Å². The van der Waals surface area contributed by atoms with E-state index in [0.29, 0.717) is 37.8 Å². The molecule has 0 N–H and O–H groups in total. The van der Waals surface area contributed by atoms with Gasteiger partial charge in [-0.3, -0.25) is 9.69 Å². The molecule has 0 radical (unpaired) electrons. The van der Waals surface area contributed by atoms with Gasteiger partial charge in [0.25, 0.3) is 0 Å². The number of hydrogen-bond donors (Lipinski definition) is 0. The van der Waals surface area contributed by atoms with Gasteiger partial charge in [-0.15, -0.1) is 0 Å². The van der Waals surface area contributed by atoms with Crippen LogP contribution in [0.1, 0.15) is 50.6 Å². The molecule has 0 aliphatic carbocycles. The number of likely N-dealkylation sites (tertiary alicyclic amines) is 1. The molecule has 2 aliphatic rings. The Morgan fingerprint density at radius 2 is 1.85 bits per heavy atom. The molecule has 2 aromatic carbocycles. The Morgan fingerprint density at radius 3 is 2.54 bits per heavy atom. The maximum Gasteiger partial charge on any atom is 0.242 e. The van der Waals surface area contributed by atoms with Crippen molar-refractivity contribution < 1.29 is 17.7 Å². The zero-order valence-corrected chi connectivity index (χ0v) is 24.2. The zero-order valence-electron chi connectivity index (χ0n) is 23.3. The van der Waals surface area contributed by atoms with Gasteiger partial charge in [-0.05, 0) is 60.5 Å². The van der Waals surface area contributed by atoms with Gasteiger partial charge >= 0.3 is 0 Å². The summed E-state index contributed by atoms with van der Waals surface area (Å²) in [4.78, 5) is 22.5. The third kappa shape index (κ3) is 5.64. The van der Waals surface area contributed by atoms with E-state index in [9.17, 15) is 13.2 Å². The van der Waals surface area contributed by atoms with Crippen LogP contribution in [0.3, 0.4) is 0 Å². The molecule has 1 fully saturated rings. The number of hydrogen-bond acceptors (Lipinski definition) is 7. The molecule has 10 heteroatoms. The average molecular weight is 552 g/mol. The van der Waals surface area contributed by atoms with Gasteiger partial charge in [0, 0.05) is 38.4 Å². The highest BCUT2D eigenvalue weighted by atomic mass is 32.2. The Morgan fingerprint density at radius 1 is 1.10 bits per heavy atom. The number of carbonyl (C=O) groups excluding carboxylic acids is 1. The lowest BCUT2D eigenvalue weighted by Gasteiger charge is -2.33. The van der Waals surface area contributed by atoms with Crippen molar-refractivity contribution in [3.8, 4) is 11.4 Å². The summed E-state index contributed by atoms with van der Waals surface area (Å²) in [6, 6.07) is 13.3. The first kappa shape index (κ1) is 27.5. The SMILES string of the molecule is CN(C)S(=O)(=O)c1ccc2c(c1)CCN2C(=O)C1CCCN(Cc2nc(-c3ccc(C(C)(C)C)cc3)no2)C1. The number of piperidine rings is 1. The number of nitrogens with zero attached hydrogens (tertiary/aromatic N) is 5. The Hall–Kier alpha value is -3.08. The van der Waals surface area contributed by atoms with Crippen LogP contribution in [0.25, 0.3) is 11.4 Å². The quantitative estimate of drug-likeness (QED) is 0.455. The molecule has 1 amide bonds. The van der Waals surface area contributed by atoms with Gasteiger partial charge in [-0.1, -0.05) is 50.2 Å². The molecule has 39 heavy (non-hydrogen) atoms. The van der Waals surface area contributed by atoms with Crippen molar-refractivity contribution in [2.75, 3.05) is 38.6 Å². The number of benzene rings is 2. The van der Waals surface area contributed by atoms with Crippen molar-refractivity contribution in [1.82, 2.24) is 19.3 Å². The van der Waals surface area contributed by atoms with Gasteiger partial charge in [0.05, 0.1) is 17.4 Å². The molecule has 208 valence electrons. The van der Waals surface area contributed by atoms with Gasteiger partial charge in [0.1, 0.15) is 0 Å². The molecule has 3 heterocycles. The van der Waals surface area contributed by atoms with Crippen molar-refractivity contribution in [2.24, 2.45) is 5.92 Å². The first-order valence-corrected chi connectivity index (χ1v) is 14.9. The zero-order chi connectivity index (χ0) is 27.9. The van der Waals surface area contributed by atoms with Gasteiger partial charge in [-0.2, -0.15) is 4.98 Å². The summed E-state index contributed by atoms with van der Waals surface area (Å²) in [6.07, 6.45) is 2.38. The monoisotopic (exact) mass is 551 g/mol. The molecule has 0 bridgehead atoms. The van der Waals surface area contributed by atoms with Crippen LogP contribution in [0.2, 0.25) is 0 Å². The summed E-state index contributed by atoms with van der Waals surface area (Å²) in [7, 11) is -0.474. The van der Waals surface area contributed by atoms with Crippen LogP contribution in [0.4, 0.5) is 5.69 Å². The molecule has 2 aliphatic heterocycles. The van der Waals surface area contributed by atoms with E-state index in [1.807, 2.05) is 17.0 Å². The lowest BCUT2D eigenvalue weighted by atomic mass is 9.87. The van der Waals surface area contributed by atoms with E-state index in [4.69, 9.17) is 4.52 Å². The van der Waals surface area contributed by atoms with Crippen LogP contribution in [0, 0.1) is 5.92 Å². The third-order valence-corrected chi connectivity index (χ3v) is 9.49. The Labute approximate surface area is 230 Å². The highest BCUT2D eigenvalue weighted by Crippen LogP contribution is 2.33. The first-order valence-electron chi connectivity index (χ1n) is 13.5. The lowest BCUT2D eigenvalue weighted by Crippen LogP contribution is -2.44. The van der Waals surface area contributed by atoms with Crippen LogP contribution in [-0.2, 0) is 33.2 Å². The Bertz CT molecular complexity index is 1460. The minimum atomic E-state index is -3.51. The predicted octanol–water partition coefficient (Wildman–Crippen LogP) is 4.09. The van der Waals surface area contributed by atoms with Gasteiger partial charge < -0.3 is 9.42 Å². The molecule has 0 saturated carbocycles. The second kappa shape index (κ2) is 10.5. The van der Waals surface area contributed by atoms with Crippen molar-refractivity contribution in [3.05, 3.63) is 59.5 Å². The summed E-state index contributed by atoms with van der Waals surface area (Å²) < 4.78 is 31.8. The summed E-state index contributed by atoms with van der Waals surface area (Å²) in [5.74, 6) is 1.06. The standard InChI is InChI=1S/C29H37N5O4S/c1-29(2,3)23-10-8-20(9-11-23)27-30-26(38-31-27)19-33-15-6-7-22(18-33)28(35)34-16-14-21-17-24(12-13-25(21)34)39(36,37)32(4)5/h8-13,17,22H,6-7,14-16,18-19H2,1-5H3. The van der Waals surface area contributed by atoms with E-state index >= 15 is 0 Å². The summed E-state index contributed by atoms with van der Waals surface area (Å²) >= 11 is 0. The maximum absolute atomic E-state index is 13.6. The fourth-order valence-corrected chi connectivity index (χ4v) is 6.30. The molecule has 1 atom stereocenters. The number of amides is 1. The number of fused-ring (bicyclic) bond motifs is 1. The normalized spacial score (nSPS) is 18.5. The third-order valence-electron chi connectivity index (χ3n) is 7.68. The van der Waals surface area contributed by atoms with Crippen LogP contribution < -0.4 is 4.90 Å². The second-order valence-electron chi connectivity index (χ2n) is 11.7. The molecule has 1 saturated heterocycles. The van der Waals surface area contributed by atoms with Crippen LogP contribution in [0.15, 0.2) is 51.9 Å². The number of carbonyl (C=O) groups is 1. The fraction of sp³-hybridized carbons (Fsp3) is 0.483. The molecule has 9 nitrogen and oxygen atoms in total. The summed E-state index contributed by atoms with van der Waals surface area (Å²) in [5.41, 5.74) is 3.95. The van der Waals surface area contributed by atoms with E-state index in [2.05, 4.69) is 47.9 Å². The Balaban J connectivity index is 1.23. The predicted molar refractivity (Wildman–Crippen MR) is 150 cm³/mol. The molecule has 0 spiro atoms. The van der Waals surface area contributed by atoms with E-state index < -0.39 is 10.0 Å². The molecule has 5 rings (SSSR count). The molecular formula is C29H37N5O4S. The maximum atomic E-state index is 13.6. The largest absolute Gasteiger partial charge is 0.338 e. The molecular weight excluding hydrogens is 514 g/mol. The number of rotatable bonds is 6. The minimum Gasteiger partial charge on any atom is -0.338 e. The van der Waals surface area contributed by atoms with Crippen LogP contribution in [0.5, 0.6) is 0 Å². The lowest BCUT2D eigenvalue weighted by molar-refractivity contribution is -0.124. The average Bonchev–Trinajstić information content (AvgIpc) is 3.55. The second-order valence-corrected chi connectivity index (χ2v) is 13.9. The molecule has 1 aromatic heterocycles. The summed E-state index contributed by atoms with van der Waals surface area (Å²) in [5, 5.41) is 4.19. The highest BCUT2D eigenvalue weighted by molar-refractivity contribution is 7.89. The topological polar surface area (TPSA) is 99.9 Å². The van der Waals surface area contributed by atoms with E-state index in [0.717, 1.165) is 36.2 Å². The number of anilines is 1. The van der Waals surface area contributed by atoms with Crippen LogP contribution >= 0.6 is 0 Å². The molecule has 3 aromatic rings. The first-order chi connectivity index (χ1) is 18.4. The summed E-state index contributed by atoms with van der Waals surface area (Å²) in [6.45, 7) is 9.10. The van der Waals surface area contributed by atoms with Crippen molar-refractivity contribution in [2.45, 2.75) is 56.9 Å². The fourth-order valence-electron chi connectivity index (χ4n) is 5.35. The van der Waals surface area contributed by atoms with Gasteiger partial charge in [0.2, 0.25) is 27.6 Å². The van der Waals surface area contributed by atoms with E-state index in [1.54, 1.807) is 18.2 Å². The van der Waals surface area contributed by atoms with Crippen molar-refractivity contribution in [1.29, 1.82) is 0 Å². The van der Waals surface area contributed by atoms with E-state index in [1.165, 1.54) is 24.0 Å². The smallest absolute Gasteiger partial charge is 0.242 e. The highest BCUT2D eigenvalue weighted by Gasteiger charge is 2.34. The van der Waals surface area contributed by atoms with Gasteiger partial charge in [-0.25, -0.2) is 12.7 Å². The van der Waals surface area contributed by atoms with E-state index in [-0.39, 0.29) is 22.1 Å². The number of sulfonamides is 1. The minimum absolute atomic E-state index is 0.0794. The van der Waals surface area contributed by atoms with Crippen molar-refractivity contribution in [3.63, 3.8) is 0 Å². The van der Waals surface area contributed by atoms with Crippen LogP contribution in [-0.4, -0.2) is 67.4 Å². The van der Waals surface area contributed by atoms with Gasteiger partial charge in [0.15, 0.2) is 0 Å². The number of aromatic nitrogens is 2. The molecule has 1 unspecified atom stereocenters.